The van der Waals surface area contributed by atoms with Crippen molar-refractivity contribution in [2.24, 2.45) is 35.5 Å². The molecule has 4 aliphatic carbocycles. The van der Waals surface area contributed by atoms with Crippen molar-refractivity contribution >= 4 is 23.4 Å². The summed E-state index contributed by atoms with van der Waals surface area (Å²) in [6, 6.07) is 4.16. The van der Waals surface area contributed by atoms with Crippen molar-refractivity contribution in [1.82, 2.24) is 4.90 Å². The highest BCUT2D eigenvalue weighted by Crippen LogP contribution is 2.65. The van der Waals surface area contributed by atoms with Crippen molar-refractivity contribution in [2.45, 2.75) is 19.4 Å². The lowest BCUT2D eigenvalue weighted by atomic mass is 9.63. The standard InChI is InChI=1S/C22H24N2O5/c1-10(20(25)23-16-7-4-11(28-2)8-17(16)29-3)24-21(26)18-12-5-6-13(15-9-14(12)15)19(18)22(24)27/h4-8,10,12-15,18-19H,9H2,1-3H3,(H,23,25). The number of carbonyl (C=O) groups is 3. The van der Waals surface area contributed by atoms with Crippen molar-refractivity contribution in [1.29, 1.82) is 0 Å². The lowest BCUT2D eigenvalue weighted by Gasteiger charge is -2.37. The highest BCUT2D eigenvalue weighted by atomic mass is 16.5. The maximum absolute atomic E-state index is 13.2. The molecule has 6 rings (SSSR count). The predicted octanol–water partition coefficient (Wildman–Crippen LogP) is 2.08. The first-order valence-electron chi connectivity index (χ1n) is 10.0. The van der Waals surface area contributed by atoms with E-state index in [2.05, 4.69) is 17.5 Å². The van der Waals surface area contributed by atoms with Gasteiger partial charge in [-0.1, -0.05) is 12.2 Å². The third-order valence-electron chi connectivity index (χ3n) is 7.13. The van der Waals surface area contributed by atoms with Crippen LogP contribution in [0.5, 0.6) is 11.5 Å². The van der Waals surface area contributed by atoms with E-state index in [-0.39, 0.29) is 35.5 Å². The zero-order valence-electron chi connectivity index (χ0n) is 16.6. The summed E-state index contributed by atoms with van der Waals surface area (Å²) in [6.07, 6.45) is 5.37. The number of rotatable bonds is 5. The first kappa shape index (κ1) is 18.2. The number of imide groups is 1. The summed E-state index contributed by atoms with van der Waals surface area (Å²) in [5.41, 5.74) is 0.463. The Kier molecular flexibility index (Phi) is 3.98. The van der Waals surface area contributed by atoms with Crippen LogP contribution < -0.4 is 14.8 Å². The number of likely N-dealkylation sites (tertiary alicyclic amines) is 1. The molecule has 0 radical (unpaired) electrons. The summed E-state index contributed by atoms with van der Waals surface area (Å²) in [7, 11) is 3.05. The van der Waals surface area contributed by atoms with Crippen LogP contribution in [0.25, 0.3) is 0 Å². The Morgan fingerprint density at radius 3 is 2.24 bits per heavy atom. The third kappa shape index (κ3) is 2.52. The van der Waals surface area contributed by atoms with Gasteiger partial charge in [0.05, 0.1) is 31.7 Å². The maximum atomic E-state index is 13.2. The Hall–Kier alpha value is -2.83. The highest BCUT2D eigenvalue weighted by molar-refractivity contribution is 6.10. The topological polar surface area (TPSA) is 84.9 Å². The van der Waals surface area contributed by atoms with Crippen molar-refractivity contribution in [3.05, 3.63) is 30.4 Å². The fraction of sp³-hybridized carbons (Fsp3) is 0.500. The molecule has 1 aromatic rings. The Balaban J connectivity index is 1.36. The van der Waals surface area contributed by atoms with Crippen molar-refractivity contribution < 1.29 is 23.9 Å². The van der Waals surface area contributed by atoms with Crippen LogP contribution in [0.1, 0.15) is 13.3 Å². The minimum Gasteiger partial charge on any atom is -0.497 e. The van der Waals surface area contributed by atoms with Gasteiger partial charge >= 0.3 is 0 Å². The van der Waals surface area contributed by atoms with E-state index in [1.165, 1.54) is 12.0 Å². The molecule has 2 saturated carbocycles. The molecule has 0 aromatic heterocycles. The molecular weight excluding hydrogens is 372 g/mol. The van der Waals surface area contributed by atoms with Crippen molar-refractivity contribution in [2.75, 3.05) is 19.5 Å². The minimum absolute atomic E-state index is 0.147. The van der Waals surface area contributed by atoms with Crippen LogP contribution in [-0.2, 0) is 14.4 Å². The van der Waals surface area contributed by atoms with E-state index in [0.717, 1.165) is 6.42 Å². The van der Waals surface area contributed by atoms with Gasteiger partial charge in [0.1, 0.15) is 17.5 Å². The van der Waals surface area contributed by atoms with E-state index in [9.17, 15) is 14.4 Å². The minimum atomic E-state index is -0.886. The van der Waals surface area contributed by atoms with E-state index in [0.29, 0.717) is 29.0 Å². The summed E-state index contributed by atoms with van der Waals surface area (Å²) in [5, 5.41) is 2.79. The molecule has 0 spiro atoms. The number of benzene rings is 1. The number of nitrogens with one attached hydrogen (secondary N) is 1. The summed E-state index contributed by atoms with van der Waals surface area (Å²) in [5.74, 6) is 0.998. The van der Waals surface area contributed by atoms with Gasteiger partial charge in [-0.05, 0) is 49.1 Å². The molecule has 29 heavy (non-hydrogen) atoms. The monoisotopic (exact) mass is 396 g/mol. The van der Waals surface area contributed by atoms with E-state index in [1.807, 2.05) is 0 Å². The zero-order valence-corrected chi connectivity index (χ0v) is 16.6. The highest BCUT2D eigenvalue weighted by Gasteiger charge is 2.67. The van der Waals surface area contributed by atoms with Crippen LogP contribution in [0.4, 0.5) is 5.69 Å². The molecular formula is C22H24N2O5. The molecule has 1 aromatic carbocycles. The van der Waals surface area contributed by atoms with E-state index in [4.69, 9.17) is 9.47 Å². The average molecular weight is 396 g/mol. The predicted molar refractivity (Wildman–Crippen MR) is 104 cm³/mol. The molecule has 3 amide bonds. The van der Waals surface area contributed by atoms with Crippen LogP contribution in [-0.4, -0.2) is 42.9 Å². The van der Waals surface area contributed by atoms with Crippen LogP contribution in [0.15, 0.2) is 30.4 Å². The summed E-state index contributed by atoms with van der Waals surface area (Å²) in [4.78, 5) is 40.4. The van der Waals surface area contributed by atoms with Gasteiger partial charge in [-0.2, -0.15) is 0 Å². The number of ether oxygens (including phenoxy) is 2. The molecule has 152 valence electrons. The van der Waals surface area contributed by atoms with Gasteiger partial charge in [0.15, 0.2) is 0 Å². The number of anilines is 1. The molecule has 5 aliphatic rings. The van der Waals surface area contributed by atoms with Gasteiger partial charge < -0.3 is 14.8 Å². The fourth-order valence-corrected chi connectivity index (χ4v) is 5.62. The third-order valence-corrected chi connectivity index (χ3v) is 7.13. The molecule has 1 N–H and O–H groups in total. The second-order valence-corrected chi connectivity index (χ2v) is 8.43. The van der Waals surface area contributed by atoms with Crippen LogP contribution in [0, 0.1) is 35.5 Å². The lowest BCUT2D eigenvalue weighted by Crippen LogP contribution is -2.46. The fourth-order valence-electron chi connectivity index (χ4n) is 5.62. The smallest absolute Gasteiger partial charge is 0.247 e. The number of hydrogen-bond donors (Lipinski definition) is 1. The van der Waals surface area contributed by atoms with Gasteiger partial charge in [-0.3, -0.25) is 19.3 Å². The molecule has 1 saturated heterocycles. The van der Waals surface area contributed by atoms with Gasteiger partial charge in [-0.25, -0.2) is 0 Å². The number of amides is 3. The molecule has 1 heterocycles. The number of carbonyl (C=O) groups excluding carboxylic acids is 3. The van der Waals surface area contributed by atoms with Gasteiger partial charge in [0.25, 0.3) is 0 Å². The summed E-state index contributed by atoms with van der Waals surface area (Å²) >= 11 is 0. The number of nitrogens with zero attached hydrogens (tertiary/aromatic N) is 1. The maximum Gasteiger partial charge on any atom is 0.247 e. The summed E-state index contributed by atoms with van der Waals surface area (Å²) < 4.78 is 10.5. The molecule has 3 fully saturated rings. The average Bonchev–Trinajstić information content (AvgIpc) is 3.51. The van der Waals surface area contributed by atoms with Crippen LogP contribution >= 0.6 is 0 Å². The Bertz CT molecular complexity index is 905. The largest absolute Gasteiger partial charge is 0.497 e. The molecule has 7 nitrogen and oxygen atoms in total. The lowest BCUT2D eigenvalue weighted by molar-refractivity contribution is -0.146. The van der Waals surface area contributed by atoms with E-state index < -0.39 is 11.9 Å². The van der Waals surface area contributed by atoms with Gasteiger partial charge in [0, 0.05) is 6.07 Å². The molecule has 7 atom stereocenters. The SMILES string of the molecule is COc1ccc(NC(=O)C(C)N2C(=O)C3C4C=CC(C5CC45)C3C2=O)c(OC)c1. The van der Waals surface area contributed by atoms with Crippen LogP contribution in [0.2, 0.25) is 0 Å². The Morgan fingerprint density at radius 2 is 1.69 bits per heavy atom. The van der Waals surface area contributed by atoms with Gasteiger partial charge in [0.2, 0.25) is 17.7 Å². The second-order valence-electron chi connectivity index (χ2n) is 8.43. The van der Waals surface area contributed by atoms with Crippen molar-refractivity contribution in [3.8, 4) is 11.5 Å². The first-order chi connectivity index (χ1) is 14.0. The van der Waals surface area contributed by atoms with E-state index in [1.54, 1.807) is 32.2 Å². The quantitative estimate of drug-likeness (QED) is 0.609. The number of methoxy groups -OCH3 is 2. The molecule has 7 heteroatoms. The second kappa shape index (κ2) is 6.34. The molecule has 7 unspecified atom stereocenters. The Morgan fingerprint density at radius 1 is 1.07 bits per heavy atom. The van der Waals surface area contributed by atoms with Crippen molar-refractivity contribution in [3.63, 3.8) is 0 Å². The number of hydrogen-bond acceptors (Lipinski definition) is 5. The normalized spacial score (nSPS) is 34.5. The van der Waals surface area contributed by atoms with E-state index >= 15 is 0 Å². The van der Waals surface area contributed by atoms with Crippen LogP contribution in [0.3, 0.4) is 0 Å². The Labute approximate surface area is 169 Å². The summed E-state index contributed by atoms with van der Waals surface area (Å²) in [6.45, 7) is 1.61. The van der Waals surface area contributed by atoms with Gasteiger partial charge in [-0.15, -0.1) is 0 Å². The number of allylic oxidation sites excluding steroid dienone is 2. The molecule has 1 aliphatic heterocycles. The first-order valence-corrected chi connectivity index (χ1v) is 10.0. The molecule has 2 bridgehead atoms. The zero-order chi connectivity index (χ0) is 20.4.